The fourth-order valence-electron chi connectivity index (χ4n) is 2.72. The smallest absolute Gasteiger partial charge is 0.183 e. The van der Waals surface area contributed by atoms with Crippen molar-refractivity contribution in [2.45, 2.75) is 16.1 Å². The summed E-state index contributed by atoms with van der Waals surface area (Å²) in [5, 5.41) is 9.53. The van der Waals surface area contributed by atoms with Crippen LogP contribution in [0.1, 0.15) is 11.5 Å². The van der Waals surface area contributed by atoms with Crippen LogP contribution in [0.15, 0.2) is 53.4 Å². The van der Waals surface area contributed by atoms with Crippen LogP contribution in [-0.4, -0.2) is 13.7 Å². The van der Waals surface area contributed by atoms with Crippen molar-refractivity contribution in [2.24, 2.45) is 5.92 Å². The van der Waals surface area contributed by atoms with Gasteiger partial charge in [0.1, 0.15) is 0 Å². The van der Waals surface area contributed by atoms with Gasteiger partial charge in [-0.05, 0) is 42.0 Å². The fraction of sp³-hybridized carbons (Fsp3) is 0.188. The highest BCUT2D eigenvalue weighted by atomic mass is 35.5. The Bertz CT molecular complexity index is 856. The lowest BCUT2D eigenvalue weighted by Crippen LogP contribution is -2.10. The van der Waals surface area contributed by atoms with Crippen molar-refractivity contribution in [1.29, 1.82) is 5.26 Å². The topological polar surface area (TPSA) is 57.9 Å². The van der Waals surface area contributed by atoms with Crippen molar-refractivity contribution in [2.75, 3.05) is 0 Å². The first kappa shape index (κ1) is 15.4. The largest absolute Gasteiger partial charge is 0.223 e. The molecule has 1 aliphatic carbocycles. The van der Waals surface area contributed by atoms with Crippen LogP contribution < -0.4 is 0 Å². The van der Waals surface area contributed by atoms with Gasteiger partial charge in [-0.15, -0.1) is 0 Å². The van der Waals surface area contributed by atoms with Crippen molar-refractivity contribution >= 4 is 33.0 Å². The summed E-state index contributed by atoms with van der Waals surface area (Å²) in [5.74, 6) is -0.900. The van der Waals surface area contributed by atoms with Gasteiger partial charge < -0.3 is 0 Å². The molecular weight excluding hydrogens is 341 g/mol. The second kappa shape index (κ2) is 5.58. The van der Waals surface area contributed by atoms with Crippen molar-refractivity contribution in [1.82, 2.24) is 0 Å². The van der Waals surface area contributed by atoms with Crippen LogP contribution in [0.4, 0.5) is 0 Å². The number of halogens is 2. The molecule has 0 aliphatic heterocycles. The van der Waals surface area contributed by atoms with E-state index in [2.05, 4.69) is 6.07 Å². The predicted molar refractivity (Wildman–Crippen MR) is 85.7 cm³/mol. The summed E-state index contributed by atoms with van der Waals surface area (Å²) >= 11 is 11.8. The molecule has 0 radical (unpaired) electrons. The zero-order valence-corrected chi connectivity index (χ0v) is 13.6. The van der Waals surface area contributed by atoms with Gasteiger partial charge >= 0.3 is 0 Å². The second-order valence-corrected chi connectivity index (χ2v) is 8.18. The number of rotatable bonds is 3. The van der Waals surface area contributed by atoms with E-state index in [1.165, 1.54) is 24.3 Å². The van der Waals surface area contributed by atoms with Crippen LogP contribution in [0.25, 0.3) is 0 Å². The second-order valence-electron chi connectivity index (χ2n) is 5.20. The quantitative estimate of drug-likeness (QED) is 0.837. The Hall–Kier alpha value is -1.54. The van der Waals surface area contributed by atoms with Gasteiger partial charge in [0.2, 0.25) is 0 Å². The van der Waals surface area contributed by atoms with E-state index in [4.69, 9.17) is 23.2 Å². The van der Waals surface area contributed by atoms with Crippen LogP contribution in [0.5, 0.6) is 0 Å². The third-order valence-corrected chi connectivity index (χ3v) is 6.56. The molecule has 1 saturated carbocycles. The molecule has 0 bridgehead atoms. The number of hydrogen-bond donors (Lipinski definition) is 0. The summed E-state index contributed by atoms with van der Waals surface area (Å²) in [4.78, 5) is 0.187. The first-order chi connectivity index (χ1) is 10.4. The number of nitrogens with zero attached hydrogens (tertiary/aromatic N) is 1. The molecule has 2 aromatic rings. The van der Waals surface area contributed by atoms with E-state index < -0.39 is 21.0 Å². The average molecular weight is 352 g/mol. The van der Waals surface area contributed by atoms with E-state index in [-0.39, 0.29) is 10.8 Å². The number of hydrogen-bond acceptors (Lipinski definition) is 3. The Morgan fingerprint density at radius 1 is 1.00 bits per heavy atom. The van der Waals surface area contributed by atoms with E-state index >= 15 is 0 Å². The van der Waals surface area contributed by atoms with Crippen LogP contribution in [0.3, 0.4) is 0 Å². The fourth-order valence-corrected chi connectivity index (χ4v) is 5.11. The number of benzene rings is 2. The number of nitriles is 1. The van der Waals surface area contributed by atoms with Crippen molar-refractivity contribution in [3.05, 3.63) is 64.1 Å². The van der Waals surface area contributed by atoms with Crippen molar-refractivity contribution < 1.29 is 8.42 Å². The van der Waals surface area contributed by atoms with Gasteiger partial charge in [0.05, 0.1) is 22.1 Å². The van der Waals surface area contributed by atoms with Crippen LogP contribution in [-0.2, 0) is 9.84 Å². The summed E-state index contributed by atoms with van der Waals surface area (Å²) < 4.78 is 25.4. The van der Waals surface area contributed by atoms with E-state index in [1.54, 1.807) is 24.3 Å². The summed E-state index contributed by atoms with van der Waals surface area (Å²) in [6.45, 7) is 0. The molecule has 2 aromatic carbocycles. The normalized spacial score (nSPS) is 23.8. The molecule has 0 aromatic heterocycles. The minimum absolute atomic E-state index is 0.187. The minimum atomic E-state index is -3.58. The molecule has 0 unspecified atom stereocenters. The third kappa shape index (κ3) is 2.61. The Morgan fingerprint density at radius 3 is 2.27 bits per heavy atom. The molecule has 0 heterocycles. The van der Waals surface area contributed by atoms with E-state index in [0.29, 0.717) is 10.0 Å². The molecule has 0 saturated heterocycles. The molecule has 112 valence electrons. The molecule has 6 heteroatoms. The lowest BCUT2D eigenvalue weighted by molar-refractivity contribution is 0.593. The summed E-state index contributed by atoms with van der Waals surface area (Å²) in [6, 6.07) is 15.1. The lowest BCUT2D eigenvalue weighted by Gasteiger charge is -2.04. The molecular formula is C16H11Cl2NO2S. The highest BCUT2D eigenvalue weighted by Crippen LogP contribution is 2.53. The highest BCUT2D eigenvalue weighted by molar-refractivity contribution is 7.92. The van der Waals surface area contributed by atoms with Crippen LogP contribution >= 0.6 is 23.2 Å². The van der Waals surface area contributed by atoms with Gasteiger partial charge in [0.25, 0.3) is 0 Å². The molecule has 0 spiro atoms. The standard InChI is InChI=1S/C16H11Cl2NO2S/c17-11-4-6-13(7-5-11)22(20,21)16-14(9-19)15(16)10-2-1-3-12(18)8-10/h1-8,14-16H/t14-,15-,16+/m1/s1. The minimum Gasteiger partial charge on any atom is -0.223 e. The van der Waals surface area contributed by atoms with E-state index in [9.17, 15) is 13.7 Å². The Balaban J connectivity index is 1.98. The number of sulfone groups is 1. The van der Waals surface area contributed by atoms with E-state index in [0.717, 1.165) is 5.56 Å². The molecule has 22 heavy (non-hydrogen) atoms. The van der Waals surface area contributed by atoms with Crippen LogP contribution in [0, 0.1) is 17.2 Å². The third-order valence-electron chi connectivity index (χ3n) is 3.84. The van der Waals surface area contributed by atoms with Gasteiger partial charge in [0.15, 0.2) is 9.84 Å². The molecule has 1 fully saturated rings. The summed E-state index contributed by atoms with van der Waals surface area (Å²) in [5.41, 5.74) is 0.779. The van der Waals surface area contributed by atoms with Crippen molar-refractivity contribution in [3.63, 3.8) is 0 Å². The predicted octanol–water partition coefficient (Wildman–Crippen LogP) is 4.07. The van der Waals surface area contributed by atoms with Crippen molar-refractivity contribution in [3.8, 4) is 6.07 Å². The lowest BCUT2D eigenvalue weighted by atomic mass is 10.1. The van der Waals surface area contributed by atoms with Gasteiger partial charge in [-0.1, -0.05) is 35.3 Å². The molecule has 3 nitrogen and oxygen atoms in total. The maximum absolute atomic E-state index is 12.7. The van der Waals surface area contributed by atoms with Gasteiger partial charge in [-0.2, -0.15) is 5.26 Å². The van der Waals surface area contributed by atoms with Crippen LogP contribution in [0.2, 0.25) is 10.0 Å². The summed E-state index contributed by atoms with van der Waals surface area (Å²) in [7, 11) is -3.58. The maximum Gasteiger partial charge on any atom is 0.183 e. The molecule has 0 amide bonds. The first-order valence-corrected chi connectivity index (χ1v) is 8.90. The Morgan fingerprint density at radius 2 is 1.68 bits per heavy atom. The Kier molecular flexibility index (Phi) is 3.90. The van der Waals surface area contributed by atoms with Gasteiger partial charge in [-0.3, -0.25) is 0 Å². The molecule has 3 atom stereocenters. The van der Waals surface area contributed by atoms with Gasteiger partial charge in [-0.25, -0.2) is 8.42 Å². The monoisotopic (exact) mass is 351 g/mol. The zero-order valence-electron chi connectivity index (χ0n) is 11.3. The zero-order chi connectivity index (χ0) is 15.9. The highest BCUT2D eigenvalue weighted by Gasteiger charge is 2.59. The SMILES string of the molecule is N#C[C@@H]1[C@@H](c2cccc(Cl)c2)[C@H]1S(=O)(=O)c1ccc(Cl)cc1. The molecule has 1 aliphatic rings. The maximum atomic E-state index is 12.7. The molecule has 3 rings (SSSR count). The van der Waals surface area contributed by atoms with E-state index in [1.807, 2.05) is 0 Å². The van der Waals surface area contributed by atoms with Gasteiger partial charge in [0, 0.05) is 16.0 Å². The average Bonchev–Trinajstić information content (AvgIpc) is 3.23. The Labute approximate surface area is 139 Å². The summed E-state index contributed by atoms with van der Waals surface area (Å²) in [6.07, 6.45) is 0. The molecule has 0 N–H and O–H groups in total. The first-order valence-electron chi connectivity index (χ1n) is 6.59.